The van der Waals surface area contributed by atoms with Crippen LogP contribution in [0.4, 0.5) is 0 Å². The molecule has 2 aliphatic rings. The van der Waals surface area contributed by atoms with Crippen LogP contribution >= 0.6 is 0 Å². The number of phenolic OH excluding ortho intramolecular Hbond substituents is 2. The Hall–Kier alpha value is -2.24. The van der Waals surface area contributed by atoms with E-state index in [1.54, 1.807) is 0 Å². The molecule has 1 saturated carbocycles. The number of fused-ring (bicyclic) bond motifs is 2. The molecule has 2 N–H and O–H groups in total. The molecule has 0 spiro atoms. The van der Waals surface area contributed by atoms with Gasteiger partial charge in [0.1, 0.15) is 17.1 Å². The number of carbonyl (C=O) groups excluding carboxylic acids is 2. The zero-order valence-electron chi connectivity index (χ0n) is 14.9. The second-order valence-corrected chi connectivity index (χ2v) is 8.51. The van der Waals surface area contributed by atoms with Gasteiger partial charge in [0.05, 0.1) is 0 Å². The lowest BCUT2D eigenvalue weighted by atomic mass is 9.65. The molecule has 1 aliphatic carbocycles. The second kappa shape index (κ2) is 5.93. The minimum atomic E-state index is -0.778. The molecule has 3 rings (SSSR count). The van der Waals surface area contributed by atoms with Gasteiger partial charge in [0, 0.05) is 18.7 Å². The van der Waals surface area contributed by atoms with Crippen LogP contribution in [0.1, 0.15) is 50.4 Å². The van der Waals surface area contributed by atoms with Crippen LogP contribution in [0.25, 0.3) is 0 Å². The van der Waals surface area contributed by atoms with E-state index in [2.05, 4.69) is 20.8 Å². The lowest BCUT2D eigenvalue weighted by Gasteiger charge is -2.39. The fourth-order valence-electron chi connectivity index (χ4n) is 4.73. The first kappa shape index (κ1) is 17.6. The van der Waals surface area contributed by atoms with E-state index in [9.17, 15) is 19.8 Å². The third-order valence-electron chi connectivity index (χ3n) is 5.26. The maximum atomic E-state index is 12.6. The average Bonchev–Trinajstić information content (AvgIpc) is 2.73. The van der Waals surface area contributed by atoms with E-state index in [4.69, 9.17) is 4.74 Å². The van der Waals surface area contributed by atoms with E-state index in [1.165, 1.54) is 12.1 Å². The fraction of sp³-hybridized carbons (Fsp3) is 0.579. The largest absolute Gasteiger partial charge is 0.508 e. The SMILES string of the molecule is CC1(C)C[C@@H]2C[C@@](C)(CN2C(=O)COC(=O)c2ccc(O)cc2O)C1. The molecule has 1 aromatic rings. The number of benzene rings is 1. The molecular formula is C19H25NO5. The Labute approximate surface area is 147 Å². The number of rotatable bonds is 3. The molecule has 6 heteroatoms. The van der Waals surface area contributed by atoms with Crippen molar-refractivity contribution < 1.29 is 24.5 Å². The van der Waals surface area contributed by atoms with E-state index in [1.807, 2.05) is 4.90 Å². The molecule has 25 heavy (non-hydrogen) atoms. The molecule has 1 heterocycles. The molecule has 1 saturated heterocycles. The summed E-state index contributed by atoms with van der Waals surface area (Å²) >= 11 is 0. The molecule has 1 amide bonds. The van der Waals surface area contributed by atoms with Gasteiger partial charge >= 0.3 is 5.97 Å². The highest BCUT2D eigenvalue weighted by atomic mass is 16.5. The third kappa shape index (κ3) is 3.57. The first-order chi connectivity index (χ1) is 11.6. The summed E-state index contributed by atoms with van der Waals surface area (Å²) in [5.41, 5.74) is 0.265. The van der Waals surface area contributed by atoms with E-state index in [0.717, 1.165) is 25.3 Å². The fourth-order valence-corrected chi connectivity index (χ4v) is 4.73. The van der Waals surface area contributed by atoms with Crippen LogP contribution in [-0.2, 0) is 9.53 Å². The van der Waals surface area contributed by atoms with Crippen molar-refractivity contribution in [1.29, 1.82) is 0 Å². The minimum absolute atomic E-state index is 0.0705. The van der Waals surface area contributed by atoms with Crippen molar-refractivity contribution >= 4 is 11.9 Å². The molecule has 6 nitrogen and oxygen atoms in total. The molecule has 1 aliphatic heterocycles. The first-order valence-corrected chi connectivity index (χ1v) is 8.57. The van der Waals surface area contributed by atoms with Crippen molar-refractivity contribution in [3.63, 3.8) is 0 Å². The highest BCUT2D eigenvalue weighted by molar-refractivity contribution is 5.94. The Morgan fingerprint density at radius 2 is 1.96 bits per heavy atom. The number of carbonyl (C=O) groups is 2. The number of esters is 1. The third-order valence-corrected chi connectivity index (χ3v) is 5.26. The Balaban J connectivity index is 1.62. The Kier molecular flexibility index (Phi) is 4.17. The van der Waals surface area contributed by atoms with Gasteiger partial charge in [0.25, 0.3) is 5.91 Å². The maximum absolute atomic E-state index is 12.6. The zero-order valence-corrected chi connectivity index (χ0v) is 14.9. The molecular weight excluding hydrogens is 322 g/mol. The van der Waals surface area contributed by atoms with E-state index in [0.29, 0.717) is 6.54 Å². The quantitative estimate of drug-likeness (QED) is 0.821. The number of ether oxygens (including phenoxy) is 1. The van der Waals surface area contributed by atoms with Crippen molar-refractivity contribution in [2.45, 2.75) is 46.1 Å². The summed E-state index contributed by atoms with van der Waals surface area (Å²) in [5, 5.41) is 19.0. The number of phenols is 2. The summed E-state index contributed by atoms with van der Waals surface area (Å²) in [6, 6.07) is 3.81. The lowest BCUT2D eigenvalue weighted by Crippen LogP contribution is -2.39. The number of hydrogen-bond donors (Lipinski definition) is 2. The second-order valence-electron chi connectivity index (χ2n) is 8.51. The Bertz CT molecular complexity index is 714. The number of hydrogen-bond acceptors (Lipinski definition) is 5. The first-order valence-electron chi connectivity index (χ1n) is 8.57. The molecule has 0 radical (unpaired) electrons. The predicted octanol–water partition coefficient (Wildman–Crippen LogP) is 2.68. The molecule has 0 unspecified atom stereocenters. The van der Waals surface area contributed by atoms with Crippen molar-refractivity contribution in [2.24, 2.45) is 10.8 Å². The van der Waals surface area contributed by atoms with Crippen LogP contribution in [-0.4, -0.2) is 46.2 Å². The Morgan fingerprint density at radius 1 is 1.24 bits per heavy atom. The van der Waals surface area contributed by atoms with Crippen molar-refractivity contribution in [3.05, 3.63) is 23.8 Å². The van der Waals surface area contributed by atoms with Crippen LogP contribution in [0.15, 0.2) is 18.2 Å². The molecule has 136 valence electrons. The minimum Gasteiger partial charge on any atom is -0.508 e. The van der Waals surface area contributed by atoms with Crippen molar-refractivity contribution in [3.8, 4) is 11.5 Å². The zero-order chi connectivity index (χ0) is 18.4. The number of nitrogens with zero attached hydrogens (tertiary/aromatic N) is 1. The van der Waals surface area contributed by atoms with E-state index in [-0.39, 0.29) is 46.4 Å². The lowest BCUT2D eigenvalue weighted by molar-refractivity contribution is -0.135. The van der Waals surface area contributed by atoms with Crippen LogP contribution in [0.2, 0.25) is 0 Å². The molecule has 2 bridgehead atoms. The van der Waals surface area contributed by atoms with Gasteiger partial charge in [-0.3, -0.25) is 4.79 Å². The number of aromatic hydroxyl groups is 2. The summed E-state index contributed by atoms with van der Waals surface area (Å²) in [6.07, 6.45) is 3.04. The predicted molar refractivity (Wildman–Crippen MR) is 91.3 cm³/mol. The maximum Gasteiger partial charge on any atom is 0.342 e. The number of amides is 1. The van der Waals surface area contributed by atoms with Gasteiger partial charge in [-0.2, -0.15) is 0 Å². The standard InChI is InChI=1S/C19H25NO5/c1-18(2)7-12-8-19(3,10-18)11-20(12)16(23)9-25-17(24)14-5-4-13(21)6-15(14)22/h4-6,12,21-22H,7-11H2,1-3H3/t12-,19-/m1/s1. The summed E-state index contributed by atoms with van der Waals surface area (Å²) in [7, 11) is 0. The van der Waals surface area contributed by atoms with Crippen molar-refractivity contribution in [1.82, 2.24) is 4.90 Å². The van der Waals surface area contributed by atoms with Gasteiger partial charge in [-0.05, 0) is 42.2 Å². The number of likely N-dealkylation sites (tertiary alicyclic amines) is 1. The molecule has 2 fully saturated rings. The summed E-state index contributed by atoms with van der Waals surface area (Å²) in [6.45, 7) is 7.04. The highest BCUT2D eigenvalue weighted by Gasteiger charge is 2.50. The van der Waals surface area contributed by atoms with Gasteiger partial charge in [0.15, 0.2) is 6.61 Å². The van der Waals surface area contributed by atoms with Gasteiger partial charge < -0.3 is 19.8 Å². The van der Waals surface area contributed by atoms with Gasteiger partial charge in [-0.15, -0.1) is 0 Å². The van der Waals surface area contributed by atoms with Gasteiger partial charge in [-0.25, -0.2) is 4.79 Å². The van der Waals surface area contributed by atoms with Crippen LogP contribution in [0, 0.1) is 10.8 Å². The highest BCUT2D eigenvalue weighted by Crippen LogP contribution is 2.52. The van der Waals surface area contributed by atoms with Crippen LogP contribution < -0.4 is 0 Å². The van der Waals surface area contributed by atoms with Gasteiger partial charge in [0.2, 0.25) is 0 Å². The Morgan fingerprint density at radius 3 is 2.64 bits per heavy atom. The summed E-state index contributed by atoms with van der Waals surface area (Å²) in [5.74, 6) is -1.49. The molecule has 0 aromatic heterocycles. The average molecular weight is 347 g/mol. The summed E-state index contributed by atoms with van der Waals surface area (Å²) < 4.78 is 5.08. The van der Waals surface area contributed by atoms with Gasteiger partial charge in [-0.1, -0.05) is 20.8 Å². The normalized spacial score (nSPS) is 27.2. The molecule has 2 atom stereocenters. The summed E-state index contributed by atoms with van der Waals surface area (Å²) in [4.78, 5) is 26.5. The van der Waals surface area contributed by atoms with E-state index >= 15 is 0 Å². The van der Waals surface area contributed by atoms with Crippen LogP contribution in [0.5, 0.6) is 11.5 Å². The topological polar surface area (TPSA) is 87.1 Å². The van der Waals surface area contributed by atoms with Crippen LogP contribution in [0.3, 0.4) is 0 Å². The monoisotopic (exact) mass is 347 g/mol. The van der Waals surface area contributed by atoms with Crippen molar-refractivity contribution in [2.75, 3.05) is 13.2 Å². The molecule has 1 aromatic carbocycles. The smallest absolute Gasteiger partial charge is 0.342 e. The van der Waals surface area contributed by atoms with E-state index < -0.39 is 5.97 Å².